The third-order valence-electron chi connectivity index (χ3n) is 3.00. The molecule has 0 fully saturated rings. The molecular weight excluding hydrogens is 276 g/mol. The number of carbonyl (C=O) groups is 1. The highest BCUT2D eigenvalue weighted by Gasteiger charge is 2.14. The van der Waals surface area contributed by atoms with Gasteiger partial charge in [-0.25, -0.2) is 9.48 Å². The minimum Gasteiger partial charge on any atom is -0.476 e. The van der Waals surface area contributed by atoms with Gasteiger partial charge in [0, 0.05) is 16.5 Å². The number of carboxylic acids is 1. The summed E-state index contributed by atoms with van der Waals surface area (Å²) in [5, 5.41) is 16.0. The van der Waals surface area contributed by atoms with E-state index in [9.17, 15) is 9.59 Å². The molecule has 0 saturated carbocycles. The summed E-state index contributed by atoms with van der Waals surface area (Å²) in [7, 11) is 0. The highest BCUT2D eigenvalue weighted by molar-refractivity contribution is 7.17. The van der Waals surface area contributed by atoms with Crippen molar-refractivity contribution in [3.63, 3.8) is 0 Å². The van der Waals surface area contributed by atoms with Crippen LogP contribution < -0.4 is 5.43 Å². The fraction of sp³-hybridized carbons (Fsp3) is 0.0714. The van der Waals surface area contributed by atoms with Gasteiger partial charge in [-0.2, -0.15) is 5.10 Å². The summed E-state index contributed by atoms with van der Waals surface area (Å²) in [6.45, 7) is 1.58. The minimum absolute atomic E-state index is 0.350. The number of thiophene rings is 1. The number of hydrogen-bond acceptors (Lipinski definition) is 4. The Morgan fingerprint density at radius 1 is 1.35 bits per heavy atom. The summed E-state index contributed by atoms with van der Waals surface area (Å²) in [6.07, 6.45) is 1.54. The van der Waals surface area contributed by atoms with Crippen LogP contribution in [-0.4, -0.2) is 20.9 Å². The van der Waals surface area contributed by atoms with E-state index in [1.807, 2.05) is 29.6 Å². The molecule has 0 spiro atoms. The molecule has 0 aliphatic carbocycles. The normalized spacial score (nSPS) is 10.8. The van der Waals surface area contributed by atoms with Gasteiger partial charge in [-0.3, -0.25) is 4.79 Å². The summed E-state index contributed by atoms with van der Waals surface area (Å²) in [5.41, 5.74) is 0.0603. The first kappa shape index (κ1) is 12.6. The predicted octanol–water partition coefficient (Wildman–Crippen LogP) is 2.45. The maximum absolute atomic E-state index is 11.7. The van der Waals surface area contributed by atoms with Crippen LogP contribution in [0.3, 0.4) is 0 Å². The average molecular weight is 286 g/mol. The average Bonchev–Trinajstić information content (AvgIpc) is 2.88. The van der Waals surface area contributed by atoms with Crippen LogP contribution in [0.2, 0.25) is 0 Å². The zero-order valence-electron chi connectivity index (χ0n) is 10.5. The van der Waals surface area contributed by atoms with Crippen LogP contribution >= 0.6 is 11.3 Å². The van der Waals surface area contributed by atoms with E-state index in [0.717, 1.165) is 15.8 Å². The highest BCUT2D eigenvalue weighted by Crippen LogP contribution is 2.23. The SMILES string of the molecule is Cc1cn(-c2ccc3sccc3c2)nc(C(=O)O)c1=O. The van der Waals surface area contributed by atoms with Crippen molar-refractivity contribution in [1.29, 1.82) is 0 Å². The van der Waals surface area contributed by atoms with Crippen molar-refractivity contribution in [3.05, 3.63) is 57.3 Å². The van der Waals surface area contributed by atoms with Crippen molar-refractivity contribution in [2.75, 3.05) is 0 Å². The number of hydrogen-bond donors (Lipinski definition) is 1. The van der Waals surface area contributed by atoms with Gasteiger partial charge in [0.2, 0.25) is 11.1 Å². The Morgan fingerprint density at radius 3 is 2.90 bits per heavy atom. The number of fused-ring (bicyclic) bond motifs is 1. The van der Waals surface area contributed by atoms with Gasteiger partial charge in [-0.15, -0.1) is 11.3 Å². The molecule has 0 aliphatic rings. The first-order valence-electron chi connectivity index (χ1n) is 5.88. The third-order valence-corrected chi connectivity index (χ3v) is 3.90. The van der Waals surface area contributed by atoms with Crippen LogP contribution in [0, 0.1) is 6.92 Å². The lowest BCUT2D eigenvalue weighted by Gasteiger charge is -2.07. The summed E-state index contributed by atoms with van der Waals surface area (Å²) >= 11 is 1.63. The Labute approximate surface area is 117 Å². The topological polar surface area (TPSA) is 72.2 Å². The molecule has 0 atom stereocenters. The second-order valence-corrected chi connectivity index (χ2v) is 5.33. The van der Waals surface area contributed by atoms with E-state index in [0.29, 0.717) is 5.56 Å². The number of aromatic carboxylic acids is 1. The monoisotopic (exact) mass is 286 g/mol. The van der Waals surface area contributed by atoms with E-state index in [2.05, 4.69) is 5.10 Å². The standard InChI is InChI=1S/C14H10N2O3S/c1-8-7-16(15-12(13(8)17)14(18)19)10-2-3-11-9(6-10)4-5-20-11/h2-7H,1H3,(H,18,19). The summed E-state index contributed by atoms with van der Waals surface area (Å²) in [4.78, 5) is 22.8. The predicted molar refractivity (Wildman–Crippen MR) is 76.9 cm³/mol. The fourth-order valence-corrected chi connectivity index (χ4v) is 2.75. The zero-order valence-corrected chi connectivity index (χ0v) is 11.3. The molecule has 2 heterocycles. The van der Waals surface area contributed by atoms with Crippen molar-refractivity contribution in [1.82, 2.24) is 9.78 Å². The Hall–Kier alpha value is -2.47. The van der Waals surface area contributed by atoms with Gasteiger partial charge in [-0.1, -0.05) is 0 Å². The first-order valence-corrected chi connectivity index (χ1v) is 6.76. The highest BCUT2D eigenvalue weighted by atomic mass is 32.1. The molecule has 0 radical (unpaired) electrons. The fourth-order valence-electron chi connectivity index (χ4n) is 1.98. The molecule has 5 nitrogen and oxygen atoms in total. The van der Waals surface area contributed by atoms with E-state index in [1.165, 1.54) is 4.68 Å². The molecule has 0 saturated heterocycles. The molecule has 6 heteroatoms. The van der Waals surface area contributed by atoms with Gasteiger partial charge in [0.05, 0.1) is 5.69 Å². The second kappa shape index (κ2) is 4.57. The summed E-state index contributed by atoms with van der Waals surface area (Å²) < 4.78 is 2.57. The molecule has 0 bridgehead atoms. The maximum Gasteiger partial charge on any atom is 0.360 e. The molecule has 100 valence electrons. The van der Waals surface area contributed by atoms with Crippen LogP contribution in [0.25, 0.3) is 15.8 Å². The molecule has 1 N–H and O–H groups in total. The lowest BCUT2D eigenvalue weighted by Crippen LogP contribution is -2.23. The van der Waals surface area contributed by atoms with Crippen molar-refractivity contribution < 1.29 is 9.90 Å². The Morgan fingerprint density at radius 2 is 2.15 bits per heavy atom. The van der Waals surface area contributed by atoms with Gasteiger partial charge in [0.25, 0.3) is 0 Å². The summed E-state index contributed by atoms with van der Waals surface area (Å²) in [6, 6.07) is 7.69. The Kier molecular flexibility index (Phi) is 2.87. The van der Waals surface area contributed by atoms with Gasteiger partial charge in [0.1, 0.15) is 0 Å². The Balaban J connectivity index is 2.23. The number of carboxylic acid groups (broad SMARTS) is 1. The molecule has 0 aliphatic heterocycles. The van der Waals surface area contributed by atoms with E-state index in [1.54, 1.807) is 24.5 Å². The van der Waals surface area contributed by atoms with Crippen molar-refractivity contribution in [2.24, 2.45) is 0 Å². The van der Waals surface area contributed by atoms with Gasteiger partial charge in [0.15, 0.2) is 0 Å². The molecule has 0 unspecified atom stereocenters. The smallest absolute Gasteiger partial charge is 0.360 e. The minimum atomic E-state index is -1.32. The second-order valence-electron chi connectivity index (χ2n) is 4.38. The number of aryl methyl sites for hydroxylation is 1. The Bertz CT molecular complexity index is 880. The molecule has 0 amide bonds. The lowest BCUT2D eigenvalue weighted by atomic mass is 10.2. The van der Waals surface area contributed by atoms with Crippen molar-refractivity contribution >= 4 is 27.4 Å². The molecule has 1 aromatic carbocycles. The van der Waals surface area contributed by atoms with Crippen LogP contribution in [0.1, 0.15) is 16.1 Å². The van der Waals surface area contributed by atoms with Crippen LogP contribution in [0.15, 0.2) is 40.6 Å². The molecular formula is C14H10N2O3S. The zero-order chi connectivity index (χ0) is 14.3. The lowest BCUT2D eigenvalue weighted by molar-refractivity contribution is 0.0686. The van der Waals surface area contributed by atoms with Gasteiger partial charge < -0.3 is 5.11 Å². The number of aromatic nitrogens is 2. The first-order chi connectivity index (χ1) is 9.56. The van der Waals surface area contributed by atoms with E-state index >= 15 is 0 Å². The molecule has 2 aromatic heterocycles. The van der Waals surface area contributed by atoms with Crippen LogP contribution in [0.5, 0.6) is 0 Å². The van der Waals surface area contributed by atoms with Crippen molar-refractivity contribution in [2.45, 2.75) is 6.92 Å². The van der Waals surface area contributed by atoms with Crippen LogP contribution in [-0.2, 0) is 0 Å². The number of rotatable bonds is 2. The summed E-state index contributed by atoms with van der Waals surface area (Å²) in [5.74, 6) is -1.32. The maximum atomic E-state index is 11.7. The van der Waals surface area contributed by atoms with Gasteiger partial charge >= 0.3 is 5.97 Å². The van der Waals surface area contributed by atoms with Gasteiger partial charge in [-0.05, 0) is 42.0 Å². The number of nitrogens with zero attached hydrogens (tertiary/aromatic N) is 2. The molecule has 3 rings (SSSR count). The third kappa shape index (κ3) is 2.00. The van der Waals surface area contributed by atoms with E-state index < -0.39 is 17.1 Å². The van der Waals surface area contributed by atoms with E-state index in [-0.39, 0.29) is 0 Å². The molecule has 3 aromatic rings. The quantitative estimate of drug-likeness (QED) is 0.785. The van der Waals surface area contributed by atoms with E-state index in [4.69, 9.17) is 5.11 Å². The molecule has 20 heavy (non-hydrogen) atoms. The van der Waals surface area contributed by atoms with Crippen molar-refractivity contribution in [3.8, 4) is 5.69 Å². The number of benzene rings is 1. The van der Waals surface area contributed by atoms with Crippen LogP contribution in [0.4, 0.5) is 0 Å². The largest absolute Gasteiger partial charge is 0.476 e.